The second-order valence-electron chi connectivity index (χ2n) is 7.40. The zero-order valence-electron chi connectivity index (χ0n) is 15.9. The number of fused-ring (bicyclic) bond motifs is 2. The van der Waals surface area contributed by atoms with Gasteiger partial charge in [-0.1, -0.05) is 18.7 Å². The van der Waals surface area contributed by atoms with Crippen molar-refractivity contribution in [2.24, 2.45) is 0 Å². The van der Waals surface area contributed by atoms with E-state index in [4.69, 9.17) is 0 Å². The third kappa shape index (κ3) is 2.66. The van der Waals surface area contributed by atoms with Crippen molar-refractivity contribution < 1.29 is 4.79 Å². The second kappa shape index (κ2) is 6.41. The number of aromatic amines is 1. The number of aryl methyl sites for hydroxylation is 1. The van der Waals surface area contributed by atoms with Gasteiger partial charge in [-0.05, 0) is 42.3 Å². The first-order valence-electron chi connectivity index (χ1n) is 9.42. The number of likely N-dealkylation sites (tertiary alicyclic amines) is 1. The van der Waals surface area contributed by atoms with Gasteiger partial charge in [0.15, 0.2) is 0 Å². The Hall–Kier alpha value is -3.74. The Bertz CT molecular complexity index is 1340. The summed E-state index contributed by atoms with van der Waals surface area (Å²) in [6, 6.07) is 9.65. The van der Waals surface area contributed by atoms with Crippen molar-refractivity contribution in [1.29, 1.82) is 0 Å². The number of carbonyl (C=O) groups is 1. The molecule has 0 bridgehead atoms. The predicted molar refractivity (Wildman–Crippen MR) is 111 cm³/mol. The van der Waals surface area contributed by atoms with Crippen molar-refractivity contribution in [2.75, 3.05) is 13.1 Å². The summed E-state index contributed by atoms with van der Waals surface area (Å²) < 4.78 is 1.59. The van der Waals surface area contributed by atoms with Crippen molar-refractivity contribution in [2.45, 2.75) is 12.8 Å². The number of nitrogens with one attached hydrogen (secondary N) is 1. The number of hydrogen-bond donors (Lipinski definition) is 1. The van der Waals surface area contributed by atoms with E-state index in [1.54, 1.807) is 22.0 Å². The summed E-state index contributed by atoms with van der Waals surface area (Å²) in [4.78, 5) is 31.2. The molecule has 144 valence electrons. The highest BCUT2D eigenvalue weighted by Crippen LogP contribution is 2.29. The Labute approximate surface area is 166 Å². The second-order valence-corrected chi connectivity index (χ2v) is 7.40. The number of aromatic nitrogens is 4. The lowest BCUT2D eigenvalue weighted by molar-refractivity contribution is -0.130. The van der Waals surface area contributed by atoms with Crippen LogP contribution in [0, 0.1) is 6.92 Å². The van der Waals surface area contributed by atoms with Crippen LogP contribution in [0.2, 0.25) is 0 Å². The molecule has 2 aromatic carbocycles. The molecule has 1 fully saturated rings. The first kappa shape index (κ1) is 17.4. The number of benzene rings is 2. The molecule has 0 spiro atoms. The quantitative estimate of drug-likeness (QED) is 0.550. The van der Waals surface area contributed by atoms with Crippen LogP contribution in [0.1, 0.15) is 17.0 Å². The zero-order chi connectivity index (χ0) is 20.1. The van der Waals surface area contributed by atoms with Crippen LogP contribution in [0.3, 0.4) is 0 Å². The molecular weight excluding hydrogens is 366 g/mol. The number of H-pyrrole nitrogens is 1. The SMILES string of the molecule is C=CC(=O)N1CC(c2ccc3c(=O)n(-c4c(C)ccc5[nH]ncc45)cnc3c2)C1. The Morgan fingerprint density at radius 2 is 2.07 bits per heavy atom. The lowest BCUT2D eigenvalue weighted by atomic mass is 9.91. The lowest BCUT2D eigenvalue weighted by Gasteiger charge is -2.39. The van der Waals surface area contributed by atoms with Crippen molar-refractivity contribution in [3.63, 3.8) is 0 Å². The van der Waals surface area contributed by atoms with E-state index in [1.165, 1.54) is 6.08 Å². The molecule has 4 aromatic rings. The van der Waals surface area contributed by atoms with Crippen LogP contribution < -0.4 is 5.56 Å². The van der Waals surface area contributed by atoms with Gasteiger partial charge in [-0.3, -0.25) is 19.3 Å². The molecule has 1 saturated heterocycles. The van der Waals surface area contributed by atoms with E-state index in [1.807, 2.05) is 37.3 Å². The zero-order valence-corrected chi connectivity index (χ0v) is 15.9. The fraction of sp³-hybridized carbons (Fsp3) is 0.182. The Morgan fingerprint density at radius 1 is 1.24 bits per heavy atom. The molecule has 1 aliphatic heterocycles. The molecular formula is C22H19N5O2. The highest BCUT2D eigenvalue weighted by Gasteiger charge is 2.30. The molecule has 3 heterocycles. The lowest BCUT2D eigenvalue weighted by Crippen LogP contribution is -2.47. The molecule has 5 rings (SSSR count). The van der Waals surface area contributed by atoms with Crippen LogP contribution in [0.25, 0.3) is 27.5 Å². The summed E-state index contributed by atoms with van der Waals surface area (Å²) in [5.74, 6) is 0.210. The first-order valence-corrected chi connectivity index (χ1v) is 9.42. The highest BCUT2D eigenvalue weighted by molar-refractivity contribution is 5.89. The Balaban J connectivity index is 1.56. The maximum absolute atomic E-state index is 13.2. The first-order chi connectivity index (χ1) is 14.1. The van der Waals surface area contributed by atoms with Gasteiger partial charge in [-0.15, -0.1) is 0 Å². The van der Waals surface area contributed by atoms with Crippen molar-refractivity contribution in [3.05, 3.63) is 77.0 Å². The van der Waals surface area contributed by atoms with Crippen molar-refractivity contribution in [3.8, 4) is 5.69 Å². The van der Waals surface area contributed by atoms with Crippen molar-refractivity contribution in [1.82, 2.24) is 24.6 Å². The minimum atomic E-state index is -0.115. The van der Waals surface area contributed by atoms with E-state index >= 15 is 0 Å². The van der Waals surface area contributed by atoms with Gasteiger partial charge in [0.25, 0.3) is 5.56 Å². The molecule has 7 nitrogen and oxygen atoms in total. The maximum atomic E-state index is 13.2. The molecule has 29 heavy (non-hydrogen) atoms. The number of nitrogens with zero attached hydrogens (tertiary/aromatic N) is 4. The smallest absolute Gasteiger partial charge is 0.265 e. The van der Waals surface area contributed by atoms with E-state index in [2.05, 4.69) is 21.8 Å². The van der Waals surface area contributed by atoms with E-state index in [-0.39, 0.29) is 17.4 Å². The molecule has 0 radical (unpaired) electrons. The Morgan fingerprint density at radius 3 is 2.86 bits per heavy atom. The molecule has 0 saturated carbocycles. The average molecular weight is 385 g/mol. The van der Waals surface area contributed by atoms with Gasteiger partial charge in [0, 0.05) is 24.4 Å². The van der Waals surface area contributed by atoms with Gasteiger partial charge in [-0.25, -0.2) is 4.98 Å². The molecule has 1 N–H and O–H groups in total. The van der Waals surface area contributed by atoms with E-state index in [0.717, 1.165) is 27.7 Å². The van der Waals surface area contributed by atoms with Gasteiger partial charge in [0.05, 0.1) is 28.3 Å². The number of hydrogen-bond acceptors (Lipinski definition) is 4. The van der Waals surface area contributed by atoms with Gasteiger partial charge < -0.3 is 4.90 Å². The van der Waals surface area contributed by atoms with Crippen LogP contribution in [0.15, 0.2) is 60.3 Å². The third-order valence-electron chi connectivity index (χ3n) is 5.66. The van der Waals surface area contributed by atoms with Crippen LogP contribution in [0.4, 0.5) is 0 Å². The maximum Gasteiger partial charge on any atom is 0.265 e. The predicted octanol–water partition coefficient (Wildman–Crippen LogP) is 2.68. The monoisotopic (exact) mass is 385 g/mol. The number of carbonyl (C=O) groups excluding carboxylic acids is 1. The molecule has 0 aliphatic carbocycles. The highest BCUT2D eigenvalue weighted by atomic mass is 16.2. The minimum Gasteiger partial charge on any atom is -0.338 e. The minimum absolute atomic E-state index is 0.0492. The normalized spacial score (nSPS) is 14.3. The summed E-state index contributed by atoms with van der Waals surface area (Å²) in [6.45, 7) is 6.81. The van der Waals surface area contributed by atoms with Gasteiger partial charge in [0.1, 0.15) is 6.33 Å². The van der Waals surface area contributed by atoms with E-state index in [0.29, 0.717) is 24.0 Å². The summed E-state index contributed by atoms with van der Waals surface area (Å²) in [6.07, 6.45) is 4.64. The van der Waals surface area contributed by atoms with Gasteiger partial charge in [0.2, 0.25) is 5.91 Å². The van der Waals surface area contributed by atoms with E-state index < -0.39 is 0 Å². The number of rotatable bonds is 3. The number of amides is 1. The molecule has 1 aliphatic rings. The average Bonchev–Trinajstić information content (AvgIpc) is 3.16. The van der Waals surface area contributed by atoms with Gasteiger partial charge in [-0.2, -0.15) is 5.10 Å². The van der Waals surface area contributed by atoms with Crippen LogP contribution >= 0.6 is 0 Å². The summed E-state index contributed by atoms with van der Waals surface area (Å²) in [5, 5.41) is 8.48. The van der Waals surface area contributed by atoms with Crippen LogP contribution in [-0.2, 0) is 4.79 Å². The molecule has 7 heteroatoms. The standard InChI is InChI=1S/C22H19N5O2/c1-3-20(28)26-10-15(11-26)14-5-6-16-19(8-14)23-12-27(22(16)29)21-13(2)4-7-18-17(21)9-24-25-18/h3-9,12,15H,1,10-11H2,2H3,(H,24,25). The molecule has 2 aromatic heterocycles. The fourth-order valence-corrected chi connectivity index (χ4v) is 3.98. The summed E-state index contributed by atoms with van der Waals surface area (Å²) >= 11 is 0. The van der Waals surface area contributed by atoms with Crippen LogP contribution in [0.5, 0.6) is 0 Å². The Kier molecular flexibility index (Phi) is 3.84. The summed E-state index contributed by atoms with van der Waals surface area (Å²) in [7, 11) is 0. The van der Waals surface area contributed by atoms with Crippen LogP contribution in [-0.4, -0.2) is 43.6 Å². The summed E-state index contributed by atoms with van der Waals surface area (Å²) in [5.41, 5.74) is 4.27. The largest absolute Gasteiger partial charge is 0.338 e. The third-order valence-corrected chi connectivity index (χ3v) is 5.66. The topological polar surface area (TPSA) is 83.9 Å². The molecule has 1 amide bonds. The van der Waals surface area contributed by atoms with Gasteiger partial charge >= 0.3 is 0 Å². The van der Waals surface area contributed by atoms with Crippen molar-refractivity contribution >= 4 is 27.7 Å². The fourth-order valence-electron chi connectivity index (χ4n) is 3.98. The van der Waals surface area contributed by atoms with E-state index in [9.17, 15) is 9.59 Å². The molecule has 0 atom stereocenters. The molecule has 0 unspecified atom stereocenters.